The third kappa shape index (κ3) is 7.26. The van der Waals surface area contributed by atoms with E-state index in [2.05, 4.69) is 20.7 Å². The van der Waals surface area contributed by atoms with Crippen LogP contribution in [-0.2, 0) is 4.74 Å². The van der Waals surface area contributed by atoms with E-state index in [1.807, 2.05) is 0 Å². The number of rotatable bonds is 8. The van der Waals surface area contributed by atoms with E-state index >= 15 is 0 Å². The largest absolute Gasteiger partial charge is 0.379 e. The number of hydrazone groups is 1. The van der Waals surface area contributed by atoms with Crippen LogP contribution in [-0.4, -0.2) is 60.5 Å². The average molecular weight is 377 g/mol. The summed E-state index contributed by atoms with van der Waals surface area (Å²) in [5, 5.41) is 18.4. The normalized spacial score (nSPS) is 15.4. The van der Waals surface area contributed by atoms with Crippen molar-refractivity contribution in [3.05, 3.63) is 46.0 Å². The van der Waals surface area contributed by atoms with E-state index in [9.17, 15) is 10.1 Å². The van der Waals surface area contributed by atoms with Gasteiger partial charge in [0.05, 0.1) is 23.7 Å². The van der Waals surface area contributed by atoms with Crippen molar-refractivity contribution in [1.82, 2.24) is 15.6 Å². The first-order chi connectivity index (χ1) is 12.7. The van der Waals surface area contributed by atoms with Gasteiger partial charge in [-0.1, -0.05) is 12.1 Å². The molecule has 0 radical (unpaired) electrons. The number of hydrogen-bond donors (Lipinski definition) is 2. The highest BCUT2D eigenvalue weighted by Crippen LogP contribution is 2.18. The van der Waals surface area contributed by atoms with Gasteiger partial charge >= 0.3 is 0 Å². The minimum atomic E-state index is -0.412. The number of allylic oxidation sites excluding steroid dienone is 1. The Bertz CT molecular complexity index is 660. The SMILES string of the molecule is O=[N+]([O-])c1ccccc1/C=C/C=N/NC(=S)NCCCN1CCOCC1. The van der Waals surface area contributed by atoms with Gasteiger partial charge in [0, 0.05) is 31.9 Å². The van der Waals surface area contributed by atoms with Crippen LogP contribution in [0.3, 0.4) is 0 Å². The van der Waals surface area contributed by atoms with E-state index in [0.29, 0.717) is 10.7 Å². The van der Waals surface area contributed by atoms with Crippen LogP contribution < -0.4 is 10.7 Å². The summed E-state index contributed by atoms with van der Waals surface area (Å²) in [6.07, 6.45) is 5.74. The Morgan fingerprint density at radius 3 is 2.92 bits per heavy atom. The minimum absolute atomic E-state index is 0.0579. The molecule has 1 aromatic carbocycles. The van der Waals surface area contributed by atoms with E-state index in [1.54, 1.807) is 30.4 Å². The summed E-state index contributed by atoms with van der Waals surface area (Å²) in [6, 6.07) is 6.52. The lowest BCUT2D eigenvalue weighted by atomic mass is 10.2. The summed E-state index contributed by atoms with van der Waals surface area (Å²) < 4.78 is 5.31. The molecule has 1 aromatic rings. The molecule has 0 spiro atoms. The molecule has 26 heavy (non-hydrogen) atoms. The highest BCUT2D eigenvalue weighted by molar-refractivity contribution is 7.80. The zero-order chi connectivity index (χ0) is 18.6. The van der Waals surface area contributed by atoms with E-state index in [1.165, 1.54) is 12.3 Å². The zero-order valence-corrected chi connectivity index (χ0v) is 15.3. The van der Waals surface area contributed by atoms with Gasteiger partial charge in [0.15, 0.2) is 5.11 Å². The van der Waals surface area contributed by atoms with Gasteiger partial charge in [-0.3, -0.25) is 20.4 Å². The lowest BCUT2D eigenvalue weighted by Gasteiger charge is -2.26. The Kier molecular flexibility index (Phi) is 8.67. The van der Waals surface area contributed by atoms with Crippen molar-refractivity contribution in [2.24, 2.45) is 5.10 Å². The molecule has 2 rings (SSSR count). The maximum Gasteiger partial charge on any atom is 0.276 e. The molecule has 1 aliphatic heterocycles. The van der Waals surface area contributed by atoms with Gasteiger partial charge < -0.3 is 10.1 Å². The number of morpholine rings is 1. The van der Waals surface area contributed by atoms with Gasteiger partial charge in [-0.2, -0.15) is 5.10 Å². The Hall–Kier alpha value is -2.36. The Labute approximate surface area is 158 Å². The molecule has 8 nitrogen and oxygen atoms in total. The van der Waals surface area contributed by atoms with Crippen LogP contribution in [0, 0.1) is 10.1 Å². The maximum absolute atomic E-state index is 10.9. The number of hydrogen-bond acceptors (Lipinski definition) is 6. The molecule has 2 N–H and O–H groups in total. The number of para-hydroxylation sites is 1. The number of nitrogens with zero attached hydrogens (tertiary/aromatic N) is 3. The van der Waals surface area contributed by atoms with Crippen LogP contribution in [0.5, 0.6) is 0 Å². The molecular weight excluding hydrogens is 354 g/mol. The van der Waals surface area contributed by atoms with Crippen LogP contribution in [0.25, 0.3) is 6.08 Å². The zero-order valence-electron chi connectivity index (χ0n) is 14.5. The number of nitrogens with one attached hydrogen (secondary N) is 2. The third-order valence-electron chi connectivity index (χ3n) is 3.78. The Balaban J connectivity index is 1.63. The topological polar surface area (TPSA) is 92.0 Å². The average Bonchev–Trinajstić information content (AvgIpc) is 2.66. The van der Waals surface area contributed by atoms with Gasteiger partial charge in [0.1, 0.15) is 0 Å². The predicted molar refractivity (Wildman–Crippen MR) is 106 cm³/mol. The fourth-order valence-electron chi connectivity index (χ4n) is 2.45. The summed E-state index contributed by atoms with van der Waals surface area (Å²) in [5.74, 6) is 0. The standard InChI is InChI=1S/C17H23N5O3S/c23-22(24)16-7-2-1-5-15(16)6-3-9-19-20-17(26)18-8-4-10-21-11-13-25-14-12-21/h1-3,5-7,9H,4,8,10-14H2,(H2,18,20,26)/b6-3+,19-9+. The van der Waals surface area contributed by atoms with Gasteiger partial charge in [0.25, 0.3) is 5.69 Å². The lowest BCUT2D eigenvalue weighted by molar-refractivity contribution is -0.385. The molecular formula is C17H23N5O3S. The first-order valence-electron chi connectivity index (χ1n) is 8.44. The van der Waals surface area contributed by atoms with Crippen LogP contribution in [0.2, 0.25) is 0 Å². The highest BCUT2D eigenvalue weighted by Gasteiger charge is 2.09. The summed E-state index contributed by atoms with van der Waals surface area (Å²) in [6.45, 7) is 5.37. The molecule has 0 unspecified atom stereocenters. The molecule has 0 aromatic heterocycles. The van der Waals surface area contributed by atoms with E-state index in [-0.39, 0.29) is 5.69 Å². The number of ether oxygens (including phenoxy) is 1. The van der Waals surface area contributed by atoms with Gasteiger partial charge in [-0.25, -0.2) is 0 Å². The second kappa shape index (κ2) is 11.3. The molecule has 0 aliphatic carbocycles. The summed E-state index contributed by atoms with van der Waals surface area (Å²) in [7, 11) is 0. The van der Waals surface area contributed by atoms with E-state index in [4.69, 9.17) is 17.0 Å². The van der Waals surface area contributed by atoms with Crippen molar-refractivity contribution in [3.63, 3.8) is 0 Å². The van der Waals surface area contributed by atoms with E-state index in [0.717, 1.165) is 45.8 Å². The summed E-state index contributed by atoms with van der Waals surface area (Å²) in [4.78, 5) is 12.9. The monoisotopic (exact) mass is 377 g/mol. The summed E-state index contributed by atoms with van der Waals surface area (Å²) >= 11 is 5.14. The number of nitro groups is 1. The molecule has 0 atom stereocenters. The summed E-state index contributed by atoms with van der Waals surface area (Å²) in [5.41, 5.74) is 3.29. The predicted octanol–water partition coefficient (Wildman–Crippen LogP) is 1.78. The Morgan fingerprint density at radius 1 is 1.38 bits per heavy atom. The second-order valence-corrected chi connectivity index (χ2v) is 6.04. The molecule has 1 aliphatic rings. The van der Waals surface area contributed by atoms with E-state index < -0.39 is 4.92 Å². The first kappa shape index (κ1) is 20.0. The van der Waals surface area contributed by atoms with Crippen molar-refractivity contribution >= 4 is 35.3 Å². The molecule has 0 saturated carbocycles. The fraction of sp³-hybridized carbons (Fsp3) is 0.412. The van der Waals surface area contributed by atoms with Crippen molar-refractivity contribution in [2.45, 2.75) is 6.42 Å². The molecule has 0 bridgehead atoms. The lowest BCUT2D eigenvalue weighted by Crippen LogP contribution is -2.39. The molecule has 1 heterocycles. The Morgan fingerprint density at radius 2 is 2.15 bits per heavy atom. The number of benzene rings is 1. The van der Waals surface area contributed by atoms with Crippen molar-refractivity contribution in [2.75, 3.05) is 39.4 Å². The van der Waals surface area contributed by atoms with Crippen LogP contribution in [0.4, 0.5) is 5.69 Å². The molecule has 0 amide bonds. The van der Waals surface area contributed by atoms with Gasteiger partial charge in [0.2, 0.25) is 0 Å². The minimum Gasteiger partial charge on any atom is -0.379 e. The smallest absolute Gasteiger partial charge is 0.276 e. The van der Waals surface area contributed by atoms with Gasteiger partial charge in [-0.05, 0) is 43.4 Å². The molecule has 9 heteroatoms. The third-order valence-corrected chi connectivity index (χ3v) is 4.01. The van der Waals surface area contributed by atoms with Crippen LogP contribution in [0.15, 0.2) is 35.4 Å². The van der Waals surface area contributed by atoms with Crippen LogP contribution in [0.1, 0.15) is 12.0 Å². The van der Waals surface area contributed by atoms with Crippen LogP contribution >= 0.6 is 12.2 Å². The van der Waals surface area contributed by atoms with Crippen molar-refractivity contribution in [3.8, 4) is 0 Å². The molecule has 1 saturated heterocycles. The number of thiocarbonyl (C=S) groups is 1. The second-order valence-electron chi connectivity index (χ2n) is 5.63. The molecule has 1 fully saturated rings. The quantitative estimate of drug-likeness (QED) is 0.235. The van der Waals surface area contributed by atoms with Crippen molar-refractivity contribution < 1.29 is 9.66 Å². The van der Waals surface area contributed by atoms with Gasteiger partial charge in [-0.15, -0.1) is 0 Å². The maximum atomic E-state index is 10.9. The molecule has 140 valence electrons. The highest BCUT2D eigenvalue weighted by atomic mass is 32.1. The first-order valence-corrected chi connectivity index (χ1v) is 8.85. The van der Waals surface area contributed by atoms with Crippen molar-refractivity contribution in [1.29, 1.82) is 0 Å². The number of nitro benzene ring substituents is 1. The fourth-order valence-corrected chi connectivity index (χ4v) is 2.60.